The number of sulfonamides is 1. The first-order valence-corrected chi connectivity index (χ1v) is 11.2. The topological polar surface area (TPSA) is 66.5 Å². The van der Waals surface area contributed by atoms with Gasteiger partial charge in [0.05, 0.1) is 0 Å². The maximum atomic E-state index is 12.3. The molecule has 1 saturated heterocycles. The molecular weight excluding hydrogens is 344 g/mol. The van der Waals surface area contributed by atoms with E-state index in [1.165, 1.54) is 37.0 Å². The molecule has 2 heterocycles. The summed E-state index contributed by atoms with van der Waals surface area (Å²) in [6.45, 7) is 1.31. The van der Waals surface area contributed by atoms with Gasteiger partial charge < -0.3 is 4.90 Å². The third-order valence-corrected chi connectivity index (χ3v) is 8.09. The highest BCUT2D eigenvalue weighted by molar-refractivity contribution is 7.91. The molecule has 1 saturated carbocycles. The van der Waals surface area contributed by atoms with Crippen LogP contribution >= 0.6 is 11.3 Å². The van der Waals surface area contributed by atoms with Crippen molar-refractivity contribution in [2.45, 2.75) is 61.6 Å². The lowest BCUT2D eigenvalue weighted by atomic mass is 10.0. The number of nitrogens with one attached hydrogen (secondary N) is 1. The minimum absolute atomic E-state index is 0.0732. The van der Waals surface area contributed by atoms with E-state index < -0.39 is 10.0 Å². The van der Waals surface area contributed by atoms with E-state index in [2.05, 4.69) is 4.72 Å². The first-order valence-electron chi connectivity index (χ1n) is 8.88. The van der Waals surface area contributed by atoms with Crippen LogP contribution in [0, 0.1) is 5.92 Å². The SMILES string of the molecule is O=C(CCC1CCCC1)N1CCC(NS(=O)(=O)c2cccs2)CC1. The lowest BCUT2D eigenvalue weighted by Gasteiger charge is -2.32. The van der Waals surface area contributed by atoms with E-state index in [0.29, 0.717) is 36.6 Å². The molecule has 1 amide bonds. The number of nitrogens with zero attached hydrogens (tertiary/aromatic N) is 1. The van der Waals surface area contributed by atoms with Gasteiger partial charge in [-0.2, -0.15) is 0 Å². The maximum Gasteiger partial charge on any atom is 0.250 e. The molecule has 7 heteroatoms. The molecule has 0 aromatic carbocycles. The highest BCUT2D eigenvalue weighted by atomic mass is 32.2. The van der Waals surface area contributed by atoms with E-state index in [-0.39, 0.29) is 11.9 Å². The van der Waals surface area contributed by atoms with Gasteiger partial charge >= 0.3 is 0 Å². The Balaban J connectivity index is 1.43. The number of carbonyl (C=O) groups excluding carboxylic acids is 1. The summed E-state index contributed by atoms with van der Waals surface area (Å²) in [4.78, 5) is 14.2. The Kier molecular flexibility index (Phi) is 5.94. The summed E-state index contributed by atoms with van der Waals surface area (Å²) in [5.41, 5.74) is 0. The van der Waals surface area contributed by atoms with E-state index in [1.54, 1.807) is 17.5 Å². The molecule has 5 nitrogen and oxygen atoms in total. The second-order valence-electron chi connectivity index (χ2n) is 6.90. The van der Waals surface area contributed by atoms with E-state index in [0.717, 1.165) is 12.3 Å². The first kappa shape index (κ1) is 17.9. The lowest BCUT2D eigenvalue weighted by Crippen LogP contribution is -2.46. The smallest absolute Gasteiger partial charge is 0.250 e. The fraction of sp³-hybridized carbons (Fsp3) is 0.706. The van der Waals surface area contributed by atoms with Gasteiger partial charge in [-0.25, -0.2) is 13.1 Å². The summed E-state index contributed by atoms with van der Waals surface area (Å²) in [6.07, 6.45) is 8.24. The van der Waals surface area contributed by atoms with E-state index in [1.807, 2.05) is 4.90 Å². The molecule has 24 heavy (non-hydrogen) atoms. The van der Waals surface area contributed by atoms with Crippen LogP contribution in [0.15, 0.2) is 21.7 Å². The van der Waals surface area contributed by atoms with Crippen molar-refractivity contribution in [3.8, 4) is 0 Å². The van der Waals surface area contributed by atoms with E-state index in [9.17, 15) is 13.2 Å². The Morgan fingerprint density at radius 1 is 1.21 bits per heavy atom. The second kappa shape index (κ2) is 7.97. The number of thiophene rings is 1. The maximum absolute atomic E-state index is 12.3. The largest absolute Gasteiger partial charge is 0.343 e. The number of hydrogen-bond donors (Lipinski definition) is 1. The van der Waals surface area contributed by atoms with Gasteiger partial charge in [0.1, 0.15) is 4.21 Å². The van der Waals surface area contributed by atoms with Crippen LogP contribution in [0.25, 0.3) is 0 Å². The van der Waals surface area contributed by atoms with Crippen LogP contribution in [0.3, 0.4) is 0 Å². The van der Waals surface area contributed by atoms with Gasteiger partial charge in [0.15, 0.2) is 0 Å². The van der Waals surface area contributed by atoms with Gasteiger partial charge in [-0.15, -0.1) is 11.3 Å². The van der Waals surface area contributed by atoms with Crippen molar-refractivity contribution in [1.82, 2.24) is 9.62 Å². The van der Waals surface area contributed by atoms with Gasteiger partial charge in [0.2, 0.25) is 15.9 Å². The molecular formula is C17H26N2O3S2. The van der Waals surface area contributed by atoms with Crippen LogP contribution < -0.4 is 4.72 Å². The number of carbonyl (C=O) groups is 1. The molecule has 0 radical (unpaired) electrons. The third-order valence-electron chi connectivity index (χ3n) is 5.17. The normalized spacial score (nSPS) is 20.6. The number of amides is 1. The zero-order valence-electron chi connectivity index (χ0n) is 13.9. The van der Waals surface area contributed by atoms with Crippen LogP contribution in [0.5, 0.6) is 0 Å². The quantitative estimate of drug-likeness (QED) is 0.837. The van der Waals surface area contributed by atoms with E-state index in [4.69, 9.17) is 0 Å². The second-order valence-corrected chi connectivity index (χ2v) is 9.79. The Hall–Kier alpha value is -0.920. The molecule has 0 unspecified atom stereocenters. The van der Waals surface area contributed by atoms with E-state index >= 15 is 0 Å². The number of hydrogen-bond acceptors (Lipinski definition) is 4. The van der Waals surface area contributed by atoms with Crippen LogP contribution in [0.1, 0.15) is 51.4 Å². The summed E-state index contributed by atoms with van der Waals surface area (Å²) in [7, 11) is -3.41. The summed E-state index contributed by atoms with van der Waals surface area (Å²) >= 11 is 1.23. The Bertz CT molecular complexity index is 629. The van der Waals surface area contributed by atoms with Crippen molar-refractivity contribution in [2.24, 2.45) is 5.92 Å². The fourth-order valence-electron chi connectivity index (χ4n) is 3.73. The van der Waals surface area contributed by atoms with Gasteiger partial charge in [0.25, 0.3) is 0 Å². The lowest BCUT2D eigenvalue weighted by molar-refractivity contribution is -0.132. The molecule has 1 aromatic rings. The molecule has 1 aliphatic carbocycles. The van der Waals surface area contributed by atoms with Crippen molar-refractivity contribution in [3.05, 3.63) is 17.5 Å². The number of likely N-dealkylation sites (tertiary alicyclic amines) is 1. The van der Waals surface area contributed by atoms with Crippen molar-refractivity contribution < 1.29 is 13.2 Å². The molecule has 134 valence electrons. The van der Waals surface area contributed by atoms with Gasteiger partial charge in [-0.1, -0.05) is 31.7 Å². The zero-order chi connectivity index (χ0) is 17.0. The fourth-order valence-corrected chi connectivity index (χ4v) is 6.04. The van der Waals surface area contributed by atoms with Crippen molar-refractivity contribution >= 4 is 27.3 Å². The first-order chi connectivity index (χ1) is 11.5. The summed E-state index contributed by atoms with van der Waals surface area (Å²) < 4.78 is 27.6. The molecule has 1 aromatic heterocycles. The Labute approximate surface area is 148 Å². The van der Waals surface area contributed by atoms with Crippen molar-refractivity contribution in [2.75, 3.05) is 13.1 Å². The molecule has 1 aliphatic heterocycles. The summed E-state index contributed by atoms with van der Waals surface area (Å²) in [5.74, 6) is 0.977. The molecule has 0 atom stereocenters. The van der Waals surface area contributed by atoms with Crippen molar-refractivity contribution in [3.63, 3.8) is 0 Å². The summed E-state index contributed by atoms with van der Waals surface area (Å²) in [5, 5.41) is 1.76. The van der Waals surface area contributed by atoms with Crippen LogP contribution in [0.4, 0.5) is 0 Å². The standard InChI is InChI=1S/C17H26N2O3S2/c20-16(8-7-14-4-1-2-5-14)19-11-9-15(10-12-19)18-24(21,22)17-6-3-13-23-17/h3,6,13-15,18H,1-2,4-5,7-12H2. The molecule has 3 rings (SSSR count). The van der Waals surface area contributed by atoms with Gasteiger partial charge in [-0.3, -0.25) is 4.79 Å². The van der Waals surface area contributed by atoms with Crippen molar-refractivity contribution in [1.29, 1.82) is 0 Å². The number of rotatable bonds is 6. The Morgan fingerprint density at radius 2 is 1.92 bits per heavy atom. The minimum atomic E-state index is -3.41. The van der Waals surface area contributed by atoms with Gasteiger partial charge in [-0.05, 0) is 36.6 Å². The Morgan fingerprint density at radius 3 is 2.54 bits per heavy atom. The van der Waals surface area contributed by atoms with Crippen LogP contribution in [-0.4, -0.2) is 38.4 Å². The summed E-state index contributed by atoms with van der Waals surface area (Å²) in [6, 6.07) is 3.29. The molecule has 2 aliphatic rings. The predicted octanol–water partition coefficient (Wildman–Crippen LogP) is 2.99. The monoisotopic (exact) mass is 370 g/mol. The average Bonchev–Trinajstić information content (AvgIpc) is 3.26. The average molecular weight is 371 g/mol. The third kappa shape index (κ3) is 4.58. The van der Waals surface area contributed by atoms with Gasteiger partial charge in [0, 0.05) is 25.6 Å². The highest BCUT2D eigenvalue weighted by Gasteiger charge is 2.27. The number of piperidine rings is 1. The van der Waals surface area contributed by atoms with Crippen LogP contribution in [-0.2, 0) is 14.8 Å². The zero-order valence-corrected chi connectivity index (χ0v) is 15.6. The molecule has 0 bridgehead atoms. The van der Waals surface area contributed by atoms with Crippen LogP contribution in [0.2, 0.25) is 0 Å². The molecule has 0 spiro atoms. The minimum Gasteiger partial charge on any atom is -0.343 e. The predicted molar refractivity (Wildman–Crippen MR) is 95.4 cm³/mol. The molecule has 2 fully saturated rings. The molecule has 1 N–H and O–H groups in total. The highest BCUT2D eigenvalue weighted by Crippen LogP contribution is 2.29.